The van der Waals surface area contributed by atoms with Gasteiger partial charge in [-0.05, 0) is 43.2 Å². The van der Waals surface area contributed by atoms with Crippen molar-refractivity contribution in [3.8, 4) is 0 Å². The average Bonchev–Trinajstić information content (AvgIpc) is 2.56. The van der Waals surface area contributed by atoms with Gasteiger partial charge < -0.3 is 10.2 Å². The Morgan fingerprint density at radius 1 is 1.00 bits per heavy atom. The van der Waals surface area contributed by atoms with Crippen LogP contribution in [-0.2, 0) is 0 Å². The van der Waals surface area contributed by atoms with Crippen LogP contribution in [0.4, 0.5) is 11.9 Å². The topological polar surface area (TPSA) is 53.9 Å². The minimum atomic E-state index is 0.629. The molecule has 1 saturated heterocycles. The summed E-state index contributed by atoms with van der Waals surface area (Å²) in [6.45, 7) is 2.06. The van der Waals surface area contributed by atoms with Crippen LogP contribution in [0, 0.1) is 0 Å². The van der Waals surface area contributed by atoms with E-state index in [4.69, 9.17) is 0 Å². The molecule has 110 valence electrons. The molecule has 1 N–H and O–H groups in total. The number of aromatic nitrogens is 3. The Bertz CT molecular complexity index is 584. The zero-order valence-corrected chi connectivity index (χ0v) is 12.9. The number of nitrogens with zero attached hydrogens (tertiary/aromatic N) is 4. The molecule has 1 aliphatic rings. The van der Waals surface area contributed by atoms with E-state index < -0.39 is 0 Å². The second-order valence-corrected chi connectivity index (χ2v) is 6.00. The van der Waals surface area contributed by atoms with Crippen LogP contribution in [0.5, 0.6) is 0 Å². The predicted octanol–water partition coefficient (Wildman–Crippen LogP) is 3.05. The van der Waals surface area contributed by atoms with Crippen LogP contribution >= 0.6 is 11.8 Å². The first-order valence-corrected chi connectivity index (χ1v) is 8.08. The largest absolute Gasteiger partial charge is 0.357 e. The zero-order chi connectivity index (χ0) is 14.5. The van der Waals surface area contributed by atoms with Crippen molar-refractivity contribution in [3.63, 3.8) is 0 Å². The van der Waals surface area contributed by atoms with Gasteiger partial charge in [0, 0.05) is 25.0 Å². The summed E-state index contributed by atoms with van der Waals surface area (Å²) in [6, 6.07) is 10.2. The van der Waals surface area contributed by atoms with Crippen molar-refractivity contribution in [2.45, 2.75) is 29.3 Å². The van der Waals surface area contributed by atoms with Crippen molar-refractivity contribution in [3.05, 3.63) is 30.3 Å². The summed E-state index contributed by atoms with van der Waals surface area (Å²) < 4.78 is 0. The normalized spacial score (nSPS) is 15.0. The van der Waals surface area contributed by atoms with E-state index in [-0.39, 0.29) is 0 Å². The molecule has 0 radical (unpaired) electrons. The van der Waals surface area contributed by atoms with Crippen LogP contribution < -0.4 is 10.2 Å². The van der Waals surface area contributed by atoms with Gasteiger partial charge in [-0.3, -0.25) is 0 Å². The fourth-order valence-electron chi connectivity index (χ4n) is 2.33. The smallest absolute Gasteiger partial charge is 0.231 e. The van der Waals surface area contributed by atoms with Crippen LogP contribution in [0.25, 0.3) is 0 Å². The fraction of sp³-hybridized carbons (Fsp3) is 0.400. The molecule has 5 nitrogen and oxygen atoms in total. The van der Waals surface area contributed by atoms with E-state index in [1.807, 2.05) is 25.2 Å². The number of piperidine rings is 1. The Morgan fingerprint density at radius 2 is 1.76 bits per heavy atom. The van der Waals surface area contributed by atoms with Gasteiger partial charge in [0.25, 0.3) is 0 Å². The predicted molar refractivity (Wildman–Crippen MR) is 86.0 cm³/mol. The minimum Gasteiger partial charge on any atom is -0.357 e. The van der Waals surface area contributed by atoms with Gasteiger partial charge >= 0.3 is 0 Å². The van der Waals surface area contributed by atoms with E-state index in [2.05, 4.69) is 37.3 Å². The van der Waals surface area contributed by atoms with Crippen LogP contribution in [0.2, 0.25) is 0 Å². The Kier molecular flexibility index (Phi) is 4.55. The summed E-state index contributed by atoms with van der Waals surface area (Å²) in [5.41, 5.74) is 0. The molecule has 21 heavy (non-hydrogen) atoms. The van der Waals surface area contributed by atoms with E-state index in [1.54, 1.807) is 11.8 Å². The minimum absolute atomic E-state index is 0.629. The van der Waals surface area contributed by atoms with E-state index >= 15 is 0 Å². The molecule has 0 unspecified atom stereocenters. The SMILES string of the molecule is CNc1nc(Sc2ccccc2)nc(N2CCCCC2)n1. The lowest BCUT2D eigenvalue weighted by Gasteiger charge is -2.26. The highest BCUT2D eigenvalue weighted by atomic mass is 32.2. The first-order chi connectivity index (χ1) is 10.3. The lowest BCUT2D eigenvalue weighted by Crippen LogP contribution is -2.31. The molecule has 0 amide bonds. The van der Waals surface area contributed by atoms with Gasteiger partial charge in [-0.2, -0.15) is 15.0 Å². The van der Waals surface area contributed by atoms with Crippen molar-refractivity contribution in [1.82, 2.24) is 15.0 Å². The molecule has 6 heteroatoms. The van der Waals surface area contributed by atoms with E-state index in [0.29, 0.717) is 5.95 Å². The monoisotopic (exact) mass is 301 g/mol. The van der Waals surface area contributed by atoms with Gasteiger partial charge in [0.15, 0.2) is 5.16 Å². The Labute approximate surface area is 129 Å². The number of nitrogens with one attached hydrogen (secondary N) is 1. The maximum absolute atomic E-state index is 4.63. The summed E-state index contributed by atoms with van der Waals surface area (Å²) in [4.78, 5) is 17.0. The fourth-order valence-corrected chi connectivity index (χ4v) is 3.10. The van der Waals surface area contributed by atoms with Crippen molar-refractivity contribution in [2.75, 3.05) is 30.4 Å². The second kappa shape index (κ2) is 6.76. The third kappa shape index (κ3) is 3.64. The summed E-state index contributed by atoms with van der Waals surface area (Å²) in [6.07, 6.45) is 3.72. The Morgan fingerprint density at radius 3 is 2.48 bits per heavy atom. The molecular weight excluding hydrogens is 282 g/mol. The van der Waals surface area contributed by atoms with Gasteiger partial charge in [-0.1, -0.05) is 18.2 Å². The summed E-state index contributed by atoms with van der Waals surface area (Å²) >= 11 is 1.57. The van der Waals surface area contributed by atoms with Crippen LogP contribution in [-0.4, -0.2) is 35.1 Å². The number of anilines is 2. The highest BCUT2D eigenvalue weighted by molar-refractivity contribution is 7.99. The molecule has 2 aromatic rings. The van der Waals surface area contributed by atoms with Crippen LogP contribution in [0.1, 0.15) is 19.3 Å². The highest BCUT2D eigenvalue weighted by Crippen LogP contribution is 2.27. The molecule has 1 aromatic heterocycles. The number of hydrogen-bond donors (Lipinski definition) is 1. The van der Waals surface area contributed by atoms with Crippen molar-refractivity contribution >= 4 is 23.7 Å². The maximum atomic E-state index is 4.63. The van der Waals surface area contributed by atoms with Gasteiger partial charge in [-0.15, -0.1) is 0 Å². The summed E-state index contributed by atoms with van der Waals surface area (Å²) in [5, 5.41) is 3.77. The quantitative estimate of drug-likeness (QED) is 0.936. The second-order valence-electron chi connectivity index (χ2n) is 4.95. The van der Waals surface area contributed by atoms with Gasteiger partial charge in [0.1, 0.15) is 0 Å². The molecule has 1 fully saturated rings. The molecule has 1 aliphatic heterocycles. The first kappa shape index (κ1) is 14.1. The summed E-state index contributed by atoms with van der Waals surface area (Å²) in [5.74, 6) is 1.41. The molecule has 0 atom stereocenters. The van der Waals surface area contributed by atoms with E-state index in [9.17, 15) is 0 Å². The maximum Gasteiger partial charge on any atom is 0.231 e. The zero-order valence-electron chi connectivity index (χ0n) is 12.1. The molecule has 2 heterocycles. The molecule has 0 saturated carbocycles. The molecule has 1 aromatic carbocycles. The molecule has 0 aliphatic carbocycles. The number of rotatable bonds is 4. The van der Waals surface area contributed by atoms with Crippen molar-refractivity contribution in [2.24, 2.45) is 0 Å². The summed E-state index contributed by atoms with van der Waals surface area (Å²) in [7, 11) is 1.84. The van der Waals surface area contributed by atoms with Crippen molar-refractivity contribution < 1.29 is 0 Å². The standard InChI is InChI=1S/C15H19N5S/c1-16-13-17-14(20-10-6-3-7-11-20)19-15(18-13)21-12-8-4-2-5-9-12/h2,4-5,8-9H,3,6-7,10-11H2,1H3,(H,16,17,18,19). The number of benzene rings is 1. The van der Waals surface area contributed by atoms with E-state index in [0.717, 1.165) is 29.1 Å². The van der Waals surface area contributed by atoms with Gasteiger partial charge in [-0.25, -0.2) is 0 Å². The molecular formula is C15H19N5S. The molecule has 0 bridgehead atoms. The van der Waals surface area contributed by atoms with Gasteiger partial charge in [0.2, 0.25) is 11.9 Å². The van der Waals surface area contributed by atoms with Crippen LogP contribution in [0.15, 0.2) is 40.4 Å². The third-order valence-electron chi connectivity index (χ3n) is 3.42. The lowest BCUT2D eigenvalue weighted by molar-refractivity contribution is 0.565. The van der Waals surface area contributed by atoms with Gasteiger partial charge in [0.05, 0.1) is 0 Å². The van der Waals surface area contributed by atoms with Crippen LogP contribution in [0.3, 0.4) is 0 Å². The first-order valence-electron chi connectivity index (χ1n) is 7.27. The Hall–Kier alpha value is -1.82. The highest BCUT2D eigenvalue weighted by Gasteiger charge is 2.16. The molecule has 0 spiro atoms. The Balaban J connectivity index is 1.85. The molecule has 3 rings (SSSR count). The van der Waals surface area contributed by atoms with Crippen molar-refractivity contribution in [1.29, 1.82) is 0 Å². The third-order valence-corrected chi connectivity index (χ3v) is 4.29. The lowest BCUT2D eigenvalue weighted by atomic mass is 10.1. The number of hydrogen-bond acceptors (Lipinski definition) is 6. The average molecular weight is 301 g/mol. The van der Waals surface area contributed by atoms with E-state index in [1.165, 1.54) is 19.3 Å².